The van der Waals surface area contributed by atoms with Crippen molar-refractivity contribution in [1.29, 1.82) is 0 Å². The largest absolute Gasteiger partial charge is 0.487 e. The van der Waals surface area contributed by atoms with E-state index in [2.05, 4.69) is 6.08 Å². The van der Waals surface area contributed by atoms with E-state index in [1.807, 2.05) is 12.2 Å². The highest BCUT2D eigenvalue weighted by Gasteiger charge is 2.42. The van der Waals surface area contributed by atoms with Crippen molar-refractivity contribution in [3.63, 3.8) is 0 Å². The van der Waals surface area contributed by atoms with Crippen LogP contribution in [0.2, 0.25) is 0 Å². The number of hydrogen-bond acceptors (Lipinski definition) is 3. The Bertz CT molecular complexity index is 337. The zero-order valence-electron chi connectivity index (χ0n) is 8.33. The quantitative estimate of drug-likeness (QED) is 0.586. The number of rotatable bonds is 1. The number of ether oxygens (including phenoxy) is 2. The Kier molecular flexibility index (Phi) is 2.02. The van der Waals surface area contributed by atoms with Gasteiger partial charge in [-0.3, -0.25) is 4.79 Å². The fourth-order valence-electron chi connectivity index (χ4n) is 2.31. The highest BCUT2D eigenvalue weighted by molar-refractivity contribution is 5.48. The maximum absolute atomic E-state index is 10.7. The van der Waals surface area contributed by atoms with Crippen LogP contribution in [0.3, 0.4) is 0 Å². The van der Waals surface area contributed by atoms with Gasteiger partial charge in [0.05, 0.1) is 13.1 Å². The van der Waals surface area contributed by atoms with E-state index in [0.717, 1.165) is 18.6 Å². The summed E-state index contributed by atoms with van der Waals surface area (Å²) in [4.78, 5) is 12.4. The standard InChI is InChI=1S/C11H13NO3/c13-7-12-5-10-11(6-12)15-9-4-2-1-3-8(9)14-10/h1-3,7,9-11H,4-6H2. The molecule has 3 atom stereocenters. The smallest absolute Gasteiger partial charge is 0.209 e. The lowest BCUT2D eigenvalue weighted by atomic mass is 10.1. The van der Waals surface area contributed by atoms with Gasteiger partial charge in [-0.1, -0.05) is 12.2 Å². The van der Waals surface area contributed by atoms with Crippen molar-refractivity contribution in [3.05, 3.63) is 24.0 Å². The molecule has 3 unspecified atom stereocenters. The molecule has 4 nitrogen and oxygen atoms in total. The second kappa shape index (κ2) is 3.38. The van der Waals surface area contributed by atoms with Crippen molar-refractivity contribution in [3.8, 4) is 0 Å². The van der Waals surface area contributed by atoms with Crippen molar-refractivity contribution in [2.45, 2.75) is 24.7 Å². The topological polar surface area (TPSA) is 38.8 Å². The lowest BCUT2D eigenvalue weighted by Gasteiger charge is -2.34. The van der Waals surface area contributed by atoms with E-state index in [-0.39, 0.29) is 18.3 Å². The number of hydrogen-bond donors (Lipinski definition) is 0. The van der Waals surface area contributed by atoms with Crippen molar-refractivity contribution in [1.82, 2.24) is 4.90 Å². The van der Waals surface area contributed by atoms with E-state index in [0.29, 0.717) is 13.1 Å². The van der Waals surface area contributed by atoms with Crippen LogP contribution in [0.25, 0.3) is 0 Å². The van der Waals surface area contributed by atoms with E-state index in [1.165, 1.54) is 0 Å². The van der Waals surface area contributed by atoms with E-state index in [1.54, 1.807) is 4.90 Å². The number of allylic oxidation sites excluding steroid dienone is 2. The predicted octanol–water partition coefficient (Wildman–Crippen LogP) is 0.455. The number of fused-ring (bicyclic) bond motifs is 2. The normalized spacial score (nSPS) is 37.7. The molecule has 1 aliphatic carbocycles. The lowest BCUT2D eigenvalue weighted by molar-refractivity contribution is -0.120. The molecular formula is C11H13NO3. The minimum Gasteiger partial charge on any atom is -0.487 e. The maximum Gasteiger partial charge on any atom is 0.209 e. The molecule has 0 saturated carbocycles. The predicted molar refractivity (Wildman–Crippen MR) is 53.0 cm³/mol. The lowest BCUT2D eigenvalue weighted by Crippen LogP contribution is -2.41. The Balaban J connectivity index is 1.77. The number of likely N-dealkylation sites (tertiary alicyclic amines) is 1. The second-order valence-electron chi connectivity index (χ2n) is 4.11. The monoisotopic (exact) mass is 207 g/mol. The van der Waals surface area contributed by atoms with Crippen LogP contribution in [-0.4, -0.2) is 42.7 Å². The van der Waals surface area contributed by atoms with Crippen LogP contribution in [0, 0.1) is 0 Å². The Morgan fingerprint density at radius 1 is 1.40 bits per heavy atom. The average molecular weight is 207 g/mol. The molecule has 80 valence electrons. The third-order valence-electron chi connectivity index (χ3n) is 3.08. The van der Waals surface area contributed by atoms with Gasteiger partial charge < -0.3 is 14.4 Å². The molecule has 2 saturated heterocycles. The Morgan fingerprint density at radius 2 is 2.27 bits per heavy atom. The van der Waals surface area contributed by atoms with Crippen LogP contribution < -0.4 is 0 Å². The summed E-state index contributed by atoms with van der Waals surface area (Å²) in [6, 6.07) is 0. The molecule has 2 aliphatic heterocycles. The number of carbonyl (C=O) groups excluding carboxylic acids is 1. The van der Waals surface area contributed by atoms with Gasteiger partial charge in [-0.15, -0.1) is 0 Å². The molecule has 1 amide bonds. The Labute approximate surface area is 88.1 Å². The molecule has 2 fully saturated rings. The summed E-state index contributed by atoms with van der Waals surface area (Å²) in [6.45, 7) is 1.30. The highest BCUT2D eigenvalue weighted by atomic mass is 16.6. The van der Waals surface area contributed by atoms with Gasteiger partial charge in [0, 0.05) is 0 Å². The van der Waals surface area contributed by atoms with Gasteiger partial charge in [0.1, 0.15) is 24.1 Å². The van der Waals surface area contributed by atoms with Crippen molar-refractivity contribution < 1.29 is 14.3 Å². The molecule has 0 aromatic rings. The maximum atomic E-state index is 10.7. The van der Waals surface area contributed by atoms with E-state index in [4.69, 9.17) is 9.47 Å². The molecule has 0 radical (unpaired) electrons. The van der Waals surface area contributed by atoms with Gasteiger partial charge in [-0.2, -0.15) is 0 Å². The van der Waals surface area contributed by atoms with Crippen LogP contribution in [0.4, 0.5) is 0 Å². The Hall–Kier alpha value is -1.29. The summed E-state index contributed by atoms with van der Waals surface area (Å²) < 4.78 is 11.7. The minimum atomic E-state index is 0.0178. The van der Waals surface area contributed by atoms with Gasteiger partial charge in [-0.25, -0.2) is 0 Å². The first-order valence-electron chi connectivity index (χ1n) is 5.25. The van der Waals surface area contributed by atoms with E-state index in [9.17, 15) is 4.79 Å². The molecule has 2 heterocycles. The van der Waals surface area contributed by atoms with Crippen molar-refractivity contribution in [2.24, 2.45) is 0 Å². The van der Waals surface area contributed by atoms with E-state index >= 15 is 0 Å². The van der Waals surface area contributed by atoms with Crippen LogP contribution in [-0.2, 0) is 14.3 Å². The second-order valence-corrected chi connectivity index (χ2v) is 4.11. The van der Waals surface area contributed by atoms with Crippen LogP contribution in [0.1, 0.15) is 6.42 Å². The first kappa shape index (κ1) is 8.97. The summed E-state index contributed by atoms with van der Waals surface area (Å²) in [7, 11) is 0. The summed E-state index contributed by atoms with van der Waals surface area (Å²) >= 11 is 0. The summed E-state index contributed by atoms with van der Waals surface area (Å²) in [5.41, 5.74) is 0. The zero-order valence-corrected chi connectivity index (χ0v) is 8.33. The summed E-state index contributed by atoms with van der Waals surface area (Å²) in [5.74, 6) is 0.909. The van der Waals surface area contributed by atoms with Crippen molar-refractivity contribution >= 4 is 6.41 Å². The molecule has 15 heavy (non-hydrogen) atoms. The third-order valence-corrected chi connectivity index (χ3v) is 3.08. The first-order valence-corrected chi connectivity index (χ1v) is 5.25. The van der Waals surface area contributed by atoms with E-state index < -0.39 is 0 Å². The van der Waals surface area contributed by atoms with Gasteiger partial charge in [-0.05, 0) is 12.5 Å². The fourth-order valence-corrected chi connectivity index (χ4v) is 2.31. The van der Waals surface area contributed by atoms with Crippen LogP contribution in [0.15, 0.2) is 24.0 Å². The number of carbonyl (C=O) groups is 1. The number of nitrogens with zero attached hydrogens (tertiary/aromatic N) is 1. The van der Waals surface area contributed by atoms with Gasteiger partial charge in [0.15, 0.2) is 0 Å². The zero-order chi connectivity index (χ0) is 10.3. The highest BCUT2D eigenvalue weighted by Crippen LogP contribution is 2.31. The molecule has 0 aromatic heterocycles. The molecule has 0 N–H and O–H groups in total. The molecular weight excluding hydrogens is 194 g/mol. The summed E-state index contributed by atoms with van der Waals surface area (Å²) in [5, 5.41) is 0. The van der Waals surface area contributed by atoms with Crippen molar-refractivity contribution in [2.75, 3.05) is 13.1 Å². The summed E-state index contributed by atoms with van der Waals surface area (Å²) in [6.07, 6.45) is 7.87. The molecule has 3 rings (SSSR count). The van der Waals surface area contributed by atoms with Gasteiger partial charge >= 0.3 is 0 Å². The van der Waals surface area contributed by atoms with Crippen LogP contribution >= 0.6 is 0 Å². The molecule has 3 aliphatic rings. The molecule has 0 spiro atoms. The molecule has 0 aromatic carbocycles. The van der Waals surface area contributed by atoms with Gasteiger partial charge in [0.2, 0.25) is 6.41 Å². The number of amides is 1. The SMILES string of the molecule is O=CN1CC2OC3=CC=CCC3OC2C1. The fraction of sp³-hybridized carbons (Fsp3) is 0.545. The molecule has 4 heteroatoms. The minimum absolute atomic E-state index is 0.0178. The van der Waals surface area contributed by atoms with Gasteiger partial charge in [0.25, 0.3) is 0 Å². The Morgan fingerprint density at radius 3 is 3.13 bits per heavy atom. The third kappa shape index (κ3) is 1.45. The first-order chi connectivity index (χ1) is 7.36. The van der Waals surface area contributed by atoms with Crippen LogP contribution in [0.5, 0.6) is 0 Å². The molecule has 0 bridgehead atoms. The average Bonchev–Trinajstić information content (AvgIpc) is 2.67.